The lowest BCUT2D eigenvalue weighted by atomic mass is 10.2. The van der Waals surface area contributed by atoms with E-state index in [1.807, 2.05) is 18.2 Å². The van der Waals surface area contributed by atoms with E-state index in [0.29, 0.717) is 24.7 Å². The van der Waals surface area contributed by atoms with Crippen LogP contribution in [0.2, 0.25) is 0 Å². The van der Waals surface area contributed by atoms with Crippen molar-refractivity contribution in [2.45, 2.75) is 0 Å². The quantitative estimate of drug-likeness (QED) is 0.283. The summed E-state index contributed by atoms with van der Waals surface area (Å²) >= 11 is 3.38. The molecule has 1 rings (SSSR count). The molecular formula is C11H16BrN3O2. The minimum Gasteiger partial charge on any atom is -0.496 e. The van der Waals surface area contributed by atoms with E-state index in [1.54, 1.807) is 14.2 Å². The Morgan fingerprint density at radius 1 is 1.47 bits per heavy atom. The van der Waals surface area contributed by atoms with Gasteiger partial charge in [-0.25, -0.2) is 5.84 Å². The number of hydrazine groups is 1. The summed E-state index contributed by atoms with van der Waals surface area (Å²) in [4.78, 5) is 4.30. The standard InChI is InChI=1S/C11H16BrN3O2/c1-16-6-5-14-11(15-13)9-4-3-8(12)7-10(9)17-2/h3-4,7H,5-6,13H2,1-2H3,(H,14,15). The second-order valence-corrected chi connectivity index (χ2v) is 4.13. The molecule has 0 radical (unpaired) electrons. The van der Waals surface area contributed by atoms with Crippen LogP contribution in [0.15, 0.2) is 27.7 Å². The lowest BCUT2D eigenvalue weighted by molar-refractivity contribution is 0.208. The van der Waals surface area contributed by atoms with Crippen LogP contribution in [0.4, 0.5) is 0 Å². The van der Waals surface area contributed by atoms with E-state index in [4.69, 9.17) is 15.3 Å². The first-order chi connectivity index (χ1) is 8.22. The smallest absolute Gasteiger partial charge is 0.146 e. The molecule has 0 aromatic heterocycles. The summed E-state index contributed by atoms with van der Waals surface area (Å²) in [5, 5.41) is 0. The Morgan fingerprint density at radius 2 is 2.24 bits per heavy atom. The summed E-state index contributed by atoms with van der Waals surface area (Å²) in [6.45, 7) is 1.08. The van der Waals surface area contributed by atoms with Gasteiger partial charge in [-0.15, -0.1) is 0 Å². The van der Waals surface area contributed by atoms with Gasteiger partial charge in [0.05, 0.1) is 25.8 Å². The fourth-order valence-electron chi connectivity index (χ4n) is 1.32. The number of rotatable bonds is 5. The summed E-state index contributed by atoms with van der Waals surface area (Å²) < 4.78 is 11.1. The van der Waals surface area contributed by atoms with Crippen molar-refractivity contribution in [3.63, 3.8) is 0 Å². The van der Waals surface area contributed by atoms with E-state index in [-0.39, 0.29) is 0 Å². The minimum absolute atomic E-state index is 0.537. The lowest BCUT2D eigenvalue weighted by Crippen LogP contribution is -2.32. The third-order valence-electron chi connectivity index (χ3n) is 2.12. The third kappa shape index (κ3) is 3.99. The molecule has 17 heavy (non-hydrogen) atoms. The zero-order valence-electron chi connectivity index (χ0n) is 9.87. The number of nitrogens with one attached hydrogen (secondary N) is 1. The molecule has 0 atom stereocenters. The summed E-state index contributed by atoms with van der Waals surface area (Å²) in [7, 11) is 3.24. The Balaban J connectivity index is 2.98. The van der Waals surface area contributed by atoms with Gasteiger partial charge in [0.1, 0.15) is 11.6 Å². The maximum Gasteiger partial charge on any atom is 0.146 e. The fraction of sp³-hybridized carbons (Fsp3) is 0.364. The van der Waals surface area contributed by atoms with Gasteiger partial charge in [-0.1, -0.05) is 15.9 Å². The number of methoxy groups -OCH3 is 2. The molecule has 6 heteroatoms. The molecule has 0 saturated heterocycles. The molecule has 1 aromatic rings. The highest BCUT2D eigenvalue weighted by atomic mass is 79.9. The molecule has 1 aromatic carbocycles. The monoisotopic (exact) mass is 301 g/mol. The molecule has 0 aliphatic carbocycles. The molecule has 0 amide bonds. The zero-order valence-corrected chi connectivity index (χ0v) is 11.5. The van der Waals surface area contributed by atoms with Gasteiger partial charge in [0.25, 0.3) is 0 Å². The van der Waals surface area contributed by atoms with Crippen molar-refractivity contribution < 1.29 is 9.47 Å². The van der Waals surface area contributed by atoms with Crippen molar-refractivity contribution in [1.29, 1.82) is 0 Å². The largest absolute Gasteiger partial charge is 0.496 e. The van der Waals surface area contributed by atoms with Crippen molar-refractivity contribution in [2.75, 3.05) is 27.4 Å². The predicted molar refractivity (Wildman–Crippen MR) is 71.3 cm³/mol. The van der Waals surface area contributed by atoms with E-state index >= 15 is 0 Å². The molecule has 0 spiro atoms. The third-order valence-corrected chi connectivity index (χ3v) is 2.61. The summed E-state index contributed by atoms with van der Waals surface area (Å²) in [5.41, 5.74) is 3.38. The highest BCUT2D eigenvalue weighted by Gasteiger charge is 2.09. The normalized spacial score (nSPS) is 11.4. The minimum atomic E-state index is 0.537. The second kappa shape index (κ2) is 7.26. The van der Waals surface area contributed by atoms with Crippen LogP contribution in [0.3, 0.4) is 0 Å². The maximum absolute atomic E-state index is 5.46. The van der Waals surface area contributed by atoms with Gasteiger partial charge >= 0.3 is 0 Å². The van der Waals surface area contributed by atoms with Gasteiger partial charge in [0, 0.05) is 11.6 Å². The molecule has 0 heterocycles. The molecule has 0 saturated carbocycles. The molecule has 0 unspecified atom stereocenters. The number of nitrogens with zero attached hydrogens (tertiary/aromatic N) is 1. The van der Waals surface area contributed by atoms with Crippen LogP contribution in [-0.2, 0) is 4.74 Å². The topological polar surface area (TPSA) is 68.9 Å². The first kappa shape index (κ1) is 14.0. The Hall–Kier alpha value is -1.11. The van der Waals surface area contributed by atoms with Gasteiger partial charge in [0.15, 0.2) is 0 Å². The Bertz CT molecular complexity index is 396. The first-order valence-corrected chi connectivity index (χ1v) is 5.86. The molecule has 0 aliphatic rings. The second-order valence-electron chi connectivity index (χ2n) is 3.21. The number of aliphatic imine (C=N–C) groups is 1. The average Bonchev–Trinajstić information content (AvgIpc) is 2.35. The number of benzene rings is 1. The number of hydrogen-bond acceptors (Lipinski definition) is 4. The zero-order chi connectivity index (χ0) is 12.7. The van der Waals surface area contributed by atoms with E-state index in [2.05, 4.69) is 26.3 Å². The van der Waals surface area contributed by atoms with Crippen LogP contribution >= 0.6 is 15.9 Å². The average molecular weight is 302 g/mol. The Labute approximate surface area is 109 Å². The predicted octanol–water partition coefficient (Wildman–Crippen LogP) is 1.31. The van der Waals surface area contributed by atoms with Gasteiger partial charge in [-0.2, -0.15) is 0 Å². The van der Waals surface area contributed by atoms with E-state index in [9.17, 15) is 0 Å². The molecule has 0 aliphatic heterocycles. The van der Waals surface area contributed by atoms with Crippen molar-refractivity contribution in [2.24, 2.45) is 10.8 Å². The number of nitrogens with two attached hydrogens (primary N) is 1. The van der Waals surface area contributed by atoms with Gasteiger partial charge in [-0.05, 0) is 18.2 Å². The molecule has 3 N–H and O–H groups in total. The van der Waals surface area contributed by atoms with Crippen LogP contribution < -0.4 is 16.0 Å². The molecule has 5 nitrogen and oxygen atoms in total. The SMILES string of the molecule is COCCN=C(NN)c1ccc(Br)cc1OC. The first-order valence-electron chi connectivity index (χ1n) is 5.06. The van der Waals surface area contributed by atoms with Gasteiger partial charge < -0.3 is 14.9 Å². The van der Waals surface area contributed by atoms with Crippen LogP contribution in [0.1, 0.15) is 5.56 Å². The number of ether oxygens (including phenoxy) is 2. The van der Waals surface area contributed by atoms with Gasteiger partial charge in [0.2, 0.25) is 0 Å². The van der Waals surface area contributed by atoms with Crippen molar-refractivity contribution in [1.82, 2.24) is 5.43 Å². The summed E-state index contributed by atoms with van der Waals surface area (Å²) in [5.74, 6) is 6.74. The van der Waals surface area contributed by atoms with Crippen molar-refractivity contribution in [3.8, 4) is 5.75 Å². The fourth-order valence-corrected chi connectivity index (χ4v) is 1.66. The highest BCUT2D eigenvalue weighted by Crippen LogP contribution is 2.23. The maximum atomic E-state index is 5.46. The molecular weight excluding hydrogens is 286 g/mol. The Kier molecular flexibility index (Phi) is 5.96. The van der Waals surface area contributed by atoms with Gasteiger partial charge in [-0.3, -0.25) is 4.99 Å². The molecule has 0 bridgehead atoms. The van der Waals surface area contributed by atoms with Crippen LogP contribution in [0.25, 0.3) is 0 Å². The highest BCUT2D eigenvalue weighted by molar-refractivity contribution is 9.10. The van der Waals surface area contributed by atoms with Crippen molar-refractivity contribution in [3.05, 3.63) is 28.2 Å². The Morgan fingerprint density at radius 3 is 2.82 bits per heavy atom. The lowest BCUT2D eigenvalue weighted by Gasteiger charge is -2.11. The molecule has 0 fully saturated rings. The van der Waals surface area contributed by atoms with Crippen LogP contribution in [0.5, 0.6) is 5.75 Å². The van der Waals surface area contributed by atoms with E-state index in [0.717, 1.165) is 10.0 Å². The molecule has 94 valence electrons. The van der Waals surface area contributed by atoms with Crippen molar-refractivity contribution >= 4 is 21.8 Å². The van der Waals surface area contributed by atoms with E-state index < -0.39 is 0 Å². The number of hydrogen-bond donors (Lipinski definition) is 2. The summed E-state index contributed by atoms with van der Waals surface area (Å²) in [6.07, 6.45) is 0. The van der Waals surface area contributed by atoms with E-state index in [1.165, 1.54) is 0 Å². The van der Waals surface area contributed by atoms with Crippen LogP contribution in [-0.4, -0.2) is 33.2 Å². The van der Waals surface area contributed by atoms with Crippen LogP contribution in [0, 0.1) is 0 Å². The number of amidine groups is 1. The summed E-state index contributed by atoms with van der Waals surface area (Å²) in [6, 6.07) is 5.65. The number of halogens is 1.